The van der Waals surface area contributed by atoms with Crippen LogP contribution >= 0.6 is 0 Å². The summed E-state index contributed by atoms with van der Waals surface area (Å²) in [6, 6.07) is 6.14. The molecule has 0 saturated carbocycles. The molecule has 0 unspecified atom stereocenters. The zero-order valence-electron chi connectivity index (χ0n) is 8.53. The summed E-state index contributed by atoms with van der Waals surface area (Å²) in [7, 11) is 0. The van der Waals surface area contributed by atoms with E-state index in [2.05, 4.69) is 36.1 Å². The summed E-state index contributed by atoms with van der Waals surface area (Å²) in [5, 5.41) is 3.87. The maximum absolute atomic E-state index is 4.93. The molecule has 3 heteroatoms. The molecule has 0 fully saturated rings. The minimum atomic E-state index is 0. The lowest BCUT2D eigenvalue weighted by Crippen LogP contribution is -1.85. The Morgan fingerprint density at radius 2 is 1.80 bits per heavy atom. The number of benzene rings is 1. The van der Waals surface area contributed by atoms with Gasteiger partial charge >= 0.3 is 0 Å². The monoisotopic (exact) mass is 204 g/mol. The van der Waals surface area contributed by atoms with E-state index < -0.39 is 0 Å². The summed E-state index contributed by atoms with van der Waals surface area (Å²) in [4.78, 5) is 4.17. The maximum atomic E-state index is 4.93. The van der Waals surface area contributed by atoms with Gasteiger partial charge in [0.2, 0.25) is 11.7 Å². The molecule has 0 atom stereocenters. The number of hydrogen-bond donors (Lipinski definition) is 0. The highest BCUT2D eigenvalue weighted by molar-refractivity contribution is 5.56. The molecular weight excluding hydrogens is 188 g/mol. The molecule has 1 aromatic heterocycles. The van der Waals surface area contributed by atoms with Gasteiger partial charge in [0, 0.05) is 12.5 Å². The van der Waals surface area contributed by atoms with Gasteiger partial charge in [0.1, 0.15) is 0 Å². The van der Waals surface area contributed by atoms with Crippen molar-refractivity contribution in [1.82, 2.24) is 10.1 Å². The van der Waals surface area contributed by atoms with Gasteiger partial charge in [-0.3, -0.25) is 0 Å². The van der Waals surface area contributed by atoms with Crippen molar-refractivity contribution < 1.29 is 4.52 Å². The molecule has 0 saturated heterocycles. The van der Waals surface area contributed by atoms with Crippen LogP contribution < -0.4 is 0 Å². The molecule has 1 aromatic carbocycles. The van der Waals surface area contributed by atoms with Crippen molar-refractivity contribution in [3.8, 4) is 11.4 Å². The number of rotatable bonds is 1. The molecule has 1 heterocycles. The highest BCUT2D eigenvalue weighted by atomic mass is 16.5. The van der Waals surface area contributed by atoms with Crippen molar-refractivity contribution in [3.63, 3.8) is 0 Å². The molecule has 0 radical (unpaired) electrons. The fourth-order valence-corrected chi connectivity index (χ4v) is 1.30. The Hall–Kier alpha value is -1.64. The lowest BCUT2D eigenvalue weighted by Gasteiger charge is -2.00. The molecule has 80 valence electrons. The van der Waals surface area contributed by atoms with Crippen molar-refractivity contribution in [3.05, 3.63) is 35.2 Å². The van der Waals surface area contributed by atoms with Crippen molar-refractivity contribution in [2.45, 2.75) is 28.2 Å². The number of nitrogens with zero attached hydrogens (tertiary/aromatic N) is 2. The largest absolute Gasteiger partial charge is 0.339 e. The summed E-state index contributed by atoms with van der Waals surface area (Å²) in [5.41, 5.74) is 3.52. The van der Waals surface area contributed by atoms with Gasteiger partial charge in [-0.1, -0.05) is 24.7 Å². The van der Waals surface area contributed by atoms with Gasteiger partial charge in [0.15, 0.2) is 0 Å². The summed E-state index contributed by atoms with van der Waals surface area (Å²) >= 11 is 0. The molecule has 0 aliphatic rings. The first-order valence-electron chi connectivity index (χ1n) is 4.55. The van der Waals surface area contributed by atoms with Crippen LogP contribution in [0, 0.1) is 20.8 Å². The van der Waals surface area contributed by atoms with E-state index in [0.717, 1.165) is 5.56 Å². The Morgan fingerprint density at radius 1 is 1.07 bits per heavy atom. The van der Waals surface area contributed by atoms with Crippen molar-refractivity contribution in [1.29, 1.82) is 0 Å². The van der Waals surface area contributed by atoms with Gasteiger partial charge in [0.05, 0.1) is 0 Å². The molecule has 0 bridgehead atoms. The van der Waals surface area contributed by atoms with E-state index in [1.807, 2.05) is 6.07 Å². The average molecular weight is 204 g/mol. The highest BCUT2D eigenvalue weighted by Crippen LogP contribution is 2.18. The zero-order valence-corrected chi connectivity index (χ0v) is 8.53. The van der Waals surface area contributed by atoms with Crippen molar-refractivity contribution in [2.75, 3.05) is 0 Å². The third kappa shape index (κ3) is 2.24. The van der Waals surface area contributed by atoms with Gasteiger partial charge in [0.25, 0.3) is 0 Å². The fourth-order valence-electron chi connectivity index (χ4n) is 1.30. The molecule has 0 amide bonds. The quantitative estimate of drug-likeness (QED) is 0.715. The lowest BCUT2D eigenvalue weighted by molar-refractivity contribution is 0.394. The molecule has 2 rings (SSSR count). The van der Waals surface area contributed by atoms with E-state index in [1.54, 1.807) is 6.92 Å². The van der Waals surface area contributed by atoms with Crippen LogP contribution in [0.15, 0.2) is 22.7 Å². The molecule has 0 aliphatic carbocycles. The van der Waals surface area contributed by atoms with Gasteiger partial charge in [-0.2, -0.15) is 4.98 Å². The molecule has 0 N–H and O–H groups in total. The van der Waals surface area contributed by atoms with Crippen LogP contribution in [0.1, 0.15) is 24.4 Å². The first kappa shape index (κ1) is 11.4. The zero-order chi connectivity index (χ0) is 10.1. The molecular formula is C12H16N2O. The summed E-state index contributed by atoms with van der Waals surface area (Å²) in [6.07, 6.45) is 0. The fraction of sp³-hybridized carbons (Fsp3) is 0.333. The van der Waals surface area contributed by atoms with Crippen LogP contribution in [0.25, 0.3) is 11.4 Å². The molecule has 3 nitrogen and oxygen atoms in total. The second-order valence-corrected chi connectivity index (χ2v) is 3.44. The number of aryl methyl sites for hydroxylation is 3. The maximum Gasteiger partial charge on any atom is 0.223 e. The van der Waals surface area contributed by atoms with E-state index in [4.69, 9.17) is 4.52 Å². The van der Waals surface area contributed by atoms with Gasteiger partial charge in [-0.05, 0) is 31.0 Å². The average Bonchev–Trinajstić information content (AvgIpc) is 2.57. The SMILES string of the molecule is C.Cc1nc(-c2ccc(C)c(C)c2)no1. The van der Waals surface area contributed by atoms with Crippen molar-refractivity contribution >= 4 is 0 Å². The Bertz CT molecular complexity index is 460. The number of aromatic nitrogens is 2. The first-order chi connectivity index (χ1) is 6.66. The predicted octanol–water partition coefficient (Wildman–Crippen LogP) is 3.30. The molecule has 2 aromatic rings. The smallest absolute Gasteiger partial charge is 0.223 e. The Balaban J connectivity index is 0.00000112. The van der Waals surface area contributed by atoms with Crippen LogP contribution in [-0.2, 0) is 0 Å². The minimum absolute atomic E-state index is 0. The molecule has 0 aliphatic heterocycles. The molecule has 0 spiro atoms. The first-order valence-corrected chi connectivity index (χ1v) is 4.55. The van der Waals surface area contributed by atoms with E-state index >= 15 is 0 Å². The van der Waals surface area contributed by atoms with Gasteiger partial charge in [-0.15, -0.1) is 0 Å². The summed E-state index contributed by atoms with van der Waals surface area (Å²) in [5.74, 6) is 1.25. The van der Waals surface area contributed by atoms with Crippen LogP contribution in [-0.4, -0.2) is 10.1 Å². The van der Waals surface area contributed by atoms with E-state index in [9.17, 15) is 0 Å². The van der Waals surface area contributed by atoms with Crippen LogP contribution in [0.5, 0.6) is 0 Å². The standard InChI is InChI=1S/C11H12N2O.CH4/c1-7-4-5-10(6-8(7)2)11-12-9(3)14-13-11;/h4-6H,1-3H3;1H4. The van der Waals surface area contributed by atoms with Gasteiger partial charge in [-0.25, -0.2) is 0 Å². The minimum Gasteiger partial charge on any atom is -0.339 e. The van der Waals surface area contributed by atoms with Crippen LogP contribution in [0.2, 0.25) is 0 Å². The van der Waals surface area contributed by atoms with Crippen LogP contribution in [0.4, 0.5) is 0 Å². The van der Waals surface area contributed by atoms with Crippen molar-refractivity contribution in [2.24, 2.45) is 0 Å². The topological polar surface area (TPSA) is 38.9 Å². The summed E-state index contributed by atoms with van der Waals surface area (Å²) < 4.78 is 4.93. The van der Waals surface area contributed by atoms with E-state index in [-0.39, 0.29) is 7.43 Å². The predicted molar refractivity (Wildman–Crippen MR) is 60.7 cm³/mol. The van der Waals surface area contributed by atoms with Gasteiger partial charge < -0.3 is 4.52 Å². The highest BCUT2D eigenvalue weighted by Gasteiger charge is 2.05. The Kier molecular flexibility index (Phi) is 3.24. The Labute approximate surface area is 90.1 Å². The number of hydrogen-bond acceptors (Lipinski definition) is 3. The normalized spacial score (nSPS) is 9.80. The van der Waals surface area contributed by atoms with Crippen LogP contribution in [0.3, 0.4) is 0 Å². The summed E-state index contributed by atoms with van der Waals surface area (Å²) in [6.45, 7) is 5.95. The third-order valence-electron chi connectivity index (χ3n) is 2.29. The van der Waals surface area contributed by atoms with E-state index in [1.165, 1.54) is 11.1 Å². The second-order valence-electron chi connectivity index (χ2n) is 3.44. The molecule has 15 heavy (non-hydrogen) atoms. The lowest BCUT2D eigenvalue weighted by atomic mass is 10.1. The van der Waals surface area contributed by atoms with E-state index in [0.29, 0.717) is 11.7 Å². The Morgan fingerprint density at radius 3 is 2.33 bits per heavy atom. The second kappa shape index (κ2) is 4.26. The third-order valence-corrected chi connectivity index (χ3v) is 2.29.